The van der Waals surface area contributed by atoms with Crippen molar-refractivity contribution in [3.05, 3.63) is 35.4 Å². The van der Waals surface area contributed by atoms with E-state index in [1.165, 1.54) is 0 Å². The summed E-state index contributed by atoms with van der Waals surface area (Å²) in [5.74, 6) is -3.81. The Hall–Kier alpha value is -1.69. The van der Waals surface area contributed by atoms with Gasteiger partial charge in [0.25, 0.3) is 5.92 Å². The van der Waals surface area contributed by atoms with Gasteiger partial charge < -0.3 is 15.4 Å². The van der Waals surface area contributed by atoms with Crippen LogP contribution in [0, 0.1) is 12.8 Å². The number of amides is 1. The van der Waals surface area contributed by atoms with Gasteiger partial charge in [0.1, 0.15) is 6.61 Å². The molecule has 1 fully saturated rings. The highest BCUT2D eigenvalue weighted by atomic mass is 19.3. The van der Waals surface area contributed by atoms with Crippen molar-refractivity contribution in [3.8, 4) is 0 Å². The Kier molecular flexibility index (Phi) is 4.77. The Morgan fingerprint density at radius 1 is 1.43 bits per heavy atom. The number of hydrogen-bond donors (Lipinski definition) is 1. The molecule has 2 rings (SSSR count). The van der Waals surface area contributed by atoms with Crippen LogP contribution in [0.4, 0.5) is 13.6 Å². The summed E-state index contributed by atoms with van der Waals surface area (Å²) in [7, 11) is 0. The number of nitrogens with zero attached hydrogens (tertiary/aromatic N) is 1. The molecule has 0 spiro atoms. The molecule has 2 N–H and O–H groups in total. The number of hydrogen-bond acceptors (Lipinski definition) is 3. The van der Waals surface area contributed by atoms with Gasteiger partial charge in [-0.15, -0.1) is 0 Å². The number of aryl methyl sites for hydroxylation is 1. The van der Waals surface area contributed by atoms with Crippen molar-refractivity contribution in [1.82, 2.24) is 4.90 Å². The van der Waals surface area contributed by atoms with Gasteiger partial charge in [-0.25, -0.2) is 13.6 Å². The smallest absolute Gasteiger partial charge is 0.410 e. The molecule has 1 heterocycles. The Balaban J connectivity index is 1.88. The van der Waals surface area contributed by atoms with Crippen molar-refractivity contribution in [3.63, 3.8) is 0 Å². The Morgan fingerprint density at radius 3 is 2.67 bits per heavy atom. The van der Waals surface area contributed by atoms with Crippen LogP contribution in [0.25, 0.3) is 0 Å². The van der Waals surface area contributed by atoms with Gasteiger partial charge in [-0.2, -0.15) is 0 Å². The van der Waals surface area contributed by atoms with Gasteiger partial charge in [-0.3, -0.25) is 0 Å². The van der Waals surface area contributed by atoms with E-state index in [4.69, 9.17) is 10.5 Å². The summed E-state index contributed by atoms with van der Waals surface area (Å²) < 4.78 is 32.6. The summed E-state index contributed by atoms with van der Waals surface area (Å²) in [6.45, 7) is 1.60. The summed E-state index contributed by atoms with van der Waals surface area (Å²) in [5, 5.41) is 0. The predicted octanol–water partition coefficient (Wildman–Crippen LogP) is 2.55. The number of piperidine rings is 1. The lowest BCUT2D eigenvalue weighted by Gasteiger charge is -2.37. The third kappa shape index (κ3) is 3.91. The lowest BCUT2D eigenvalue weighted by Crippen LogP contribution is -2.52. The first kappa shape index (κ1) is 15.7. The quantitative estimate of drug-likeness (QED) is 0.933. The van der Waals surface area contributed by atoms with Gasteiger partial charge in [0.2, 0.25) is 0 Å². The Bertz CT molecular complexity index is 491. The molecule has 1 unspecified atom stereocenters. The molecule has 1 aliphatic rings. The van der Waals surface area contributed by atoms with Crippen LogP contribution in [-0.4, -0.2) is 36.5 Å². The fourth-order valence-electron chi connectivity index (χ4n) is 2.35. The monoisotopic (exact) mass is 298 g/mol. The summed E-state index contributed by atoms with van der Waals surface area (Å²) in [6.07, 6.45) is -0.505. The molecule has 0 aromatic heterocycles. The van der Waals surface area contributed by atoms with E-state index < -0.39 is 24.5 Å². The third-order valence-electron chi connectivity index (χ3n) is 3.77. The molecule has 1 aromatic carbocycles. The van der Waals surface area contributed by atoms with E-state index in [1.807, 2.05) is 31.2 Å². The molecular formula is C15H20F2N2O2. The number of benzene rings is 1. The minimum Gasteiger partial charge on any atom is -0.445 e. The molecule has 116 valence electrons. The average Bonchev–Trinajstić information content (AvgIpc) is 2.45. The number of carbonyl (C=O) groups is 1. The van der Waals surface area contributed by atoms with E-state index in [-0.39, 0.29) is 26.1 Å². The molecule has 0 radical (unpaired) electrons. The molecule has 4 nitrogen and oxygen atoms in total. The first-order chi connectivity index (χ1) is 9.92. The standard InChI is InChI=1S/C15H20F2N2O2/c1-11-2-4-12(5-3-11)9-21-14(20)19-7-6-13(8-18)15(16,17)10-19/h2-5,13H,6-10,18H2,1H3. The highest BCUT2D eigenvalue weighted by Crippen LogP contribution is 2.32. The van der Waals surface area contributed by atoms with Crippen LogP contribution in [-0.2, 0) is 11.3 Å². The van der Waals surface area contributed by atoms with Crippen LogP contribution in [0.15, 0.2) is 24.3 Å². The lowest BCUT2D eigenvalue weighted by molar-refractivity contribution is -0.103. The molecule has 0 bridgehead atoms. The zero-order chi connectivity index (χ0) is 15.5. The van der Waals surface area contributed by atoms with Crippen LogP contribution >= 0.6 is 0 Å². The largest absolute Gasteiger partial charge is 0.445 e. The van der Waals surface area contributed by atoms with Gasteiger partial charge in [0, 0.05) is 19.0 Å². The SMILES string of the molecule is Cc1ccc(COC(=O)N2CCC(CN)C(F)(F)C2)cc1. The number of carbonyl (C=O) groups excluding carboxylic acids is 1. The number of ether oxygens (including phenoxy) is 1. The van der Waals surface area contributed by atoms with Crippen molar-refractivity contribution in [1.29, 1.82) is 0 Å². The van der Waals surface area contributed by atoms with Gasteiger partial charge >= 0.3 is 6.09 Å². The number of halogens is 2. The van der Waals surface area contributed by atoms with E-state index in [0.29, 0.717) is 0 Å². The van der Waals surface area contributed by atoms with Crippen LogP contribution in [0.3, 0.4) is 0 Å². The highest BCUT2D eigenvalue weighted by molar-refractivity contribution is 5.67. The molecule has 1 saturated heterocycles. The molecular weight excluding hydrogens is 278 g/mol. The van der Waals surface area contributed by atoms with E-state index in [2.05, 4.69) is 0 Å². The molecule has 6 heteroatoms. The van der Waals surface area contributed by atoms with Crippen LogP contribution in [0.2, 0.25) is 0 Å². The molecule has 1 aromatic rings. The Morgan fingerprint density at radius 2 is 2.10 bits per heavy atom. The van der Waals surface area contributed by atoms with Gasteiger partial charge in [0.05, 0.1) is 6.54 Å². The normalized spacial score (nSPS) is 21.1. The van der Waals surface area contributed by atoms with Crippen LogP contribution in [0.1, 0.15) is 17.5 Å². The van der Waals surface area contributed by atoms with Gasteiger partial charge in [-0.1, -0.05) is 29.8 Å². The minimum absolute atomic E-state index is 0.0702. The van der Waals surface area contributed by atoms with Crippen LogP contribution in [0.5, 0.6) is 0 Å². The predicted molar refractivity (Wildman–Crippen MR) is 75.0 cm³/mol. The van der Waals surface area contributed by atoms with E-state index in [9.17, 15) is 13.6 Å². The zero-order valence-corrected chi connectivity index (χ0v) is 12.0. The first-order valence-electron chi connectivity index (χ1n) is 6.97. The van der Waals surface area contributed by atoms with Crippen molar-refractivity contribution in [2.24, 2.45) is 11.7 Å². The molecule has 0 aliphatic carbocycles. The fraction of sp³-hybridized carbons (Fsp3) is 0.533. The summed E-state index contributed by atoms with van der Waals surface area (Å²) in [4.78, 5) is 12.9. The second-order valence-electron chi connectivity index (χ2n) is 5.44. The third-order valence-corrected chi connectivity index (χ3v) is 3.77. The molecule has 0 saturated carbocycles. The number of likely N-dealkylation sites (tertiary alicyclic amines) is 1. The lowest BCUT2D eigenvalue weighted by atomic mass is 9.93. The number of alkyl halides is 2. The fourth-order valence-corrected chi connectivity index (χ4v) is 2.35. The number of nitrogens with two attached hydrogens (primary N) is 1. The van der Waals surface area contributed by atoms with Crippen molar-refractivity contribution >= 4 is 6.09 Å². The molecule has 1 aliphatic heterocycles. The van der Waals surface area contributed by atoms with E-state index in [0.717, 1.165) is 16.0 Å². The maximum absolute atomic E-state index is 13.8. The maximum atomic E-state index is 13.8. The van der Waals surface area contributed by atoms with Gasteiger partial charge in [-0.05, 0) is 18.9 Å². The van der Waals surface area contributed by atoms with Gasteiger partial charge in [0.15, 0.2) is 0 Å². The van der Waals surface area contributed by atoms with Crippen molar-refractivity contribution < 1.29 is 18.3 Å². The maximum Gasteiger partial charge on any atom is 0.410 e. The van der Waals surface area contributed by atoms with E-state index >= 15 is 0 Å². The minimum atomic E-state index is -2.95. The topological polar surface area (TPSA) is 55.6 Å². The summed E-state index contributed by atoms with van der Waals surface area (Å²) in [5.41, 5.74) is 7.27. The molecule has 21 heavy (non-hydrogen) atoms. The Labute approximate surface area is 122 Å². The first-order valence-corrected chi connectivity index (χ1v) is 6.97. The molecule has 1 atom stereocenters. The second-order valence-corrected chi connectivity index (χ2v) is 5.44. The summed E-state index contributed by atoms with van der Waals surface area (Å²) in [6, 6.07) is 7.50. The number of rotatable bonds is 3. The zero-order valence-electron chi connectivity index (χ0n) is 12.0. The average molecular weight is 298 g/mol. The van der Waals surface area contributed by atoms with Crippen LogP contribution < -0.4 is 5.73 Å². The van der Waals surface area contributed by atoms with Crippen molar-refractivity contribution in [2.75, 3.05) is 19.6 Å². The van der Waals surface area contributed by atoms with Crippen molar-refractivity contribution in [2.45, 2.75) is 25.9 Å². The van der Waals surface area contributed by atoms with E-state index in [1.54, 1.807) is 0 Å². The second kappa shape index (κ2) is 6.39. The summed E-state index contributed by atoms with van der Waals surface area (Å²) >= 11 is 0. The highest BCUT2D eigenvalue weighted by Gasteiger charge is 2.45. The molecule has 1 amide bonds.